The smallest absolute Gasteiger partial charge is 0.256 e. The van der Waals surface area contributed by atoms with Crippen molar-refractivity contribution >= 4 is 17.5 Å². The first kappa shape index (κ1) is 14.9. The van der Waals surface area contributed by atoms with E-state index in [4.69, 9.17) is 11.6 Å². The van der Waals surface area contributed by atoms with Gasteiger partial charge in [-0.1, -0.05) is 23.7 Å². The predicted octanol–water partition coefficient (Wildman–Crippen LogP) is 2.82. The van der Waals surface area contributed by atoms with Crippen molar-refractivity contribution in [3.8, 4) is 0 Å². The van der Waals surface area contributed by atoms with Gasteiger partial charge in [0.05, 0.1) is 22.7 Å². The molecule has 2 heterocycles. The number of β-amino-alcohol motifs (C(OH)–C–C–N with tert-alkyl or cyclic N) is 1. The van der Waals surface area contributed by atoms with Gasteiger partial charge in [-0.25, -0.2) is 4.39 Å². The molecule has 114 valence electrons. The summed E-state index contributed by atoms with van der Waals surface area (Å²) in [5.41, 5.74) is 0.988. The lowest BCUT2D eigenvalue weighted by Gasteiger charge is -2.25. The zero-order chi connectivity index (χ0) is 15.7. The summed E-state index contributed by atoms with van der Waals surface area (Å²) in [6, 6.07) is 7.25. The number of aliphatic hydroxyl groups excluding tert-OH is 1. The number of carbonyl (C=O) groups excluding carboxylic acids is 1. The van der Waals surface area contributed by atoms with Crippen LogP contribution >= 0.6 is 11.6 Å². The lowest BCUT2D eigenvalue weighted by molar-refractivity contribution is 0.0715. The fraction of sp³-hybridized carbons (Fsp3) is 0.250. The van der Waals surface area contributed by atoms with Crippen LogP contribution in [0.25, 0.3) is 0 Å². The third kappa shape index (κ3) is 2.82. The minimum atomic E-state index is -0.641. The number of pyridine rings is 1. The summed E-state index contributed by atoms with van der Waals surface area (Å²) in [7, 11) is 0. The Balaban J connectivity index is 1.94. The maximum atomic E-state index is 13.4. The van der Waals surface area contributed by atoms with Gasteiger partial charge < -0.3 is 10.0 Å². The second-order valence-corrected chi connectivity index (χ2v) is 5.68. The Morgan fingerprint density at radius 2 is 2.23 bits per heavy atom. The van der Waals surface area contributed by atoms with Crippen molar-refractivity contribution in [2.24, 2.45) is 0 Å². The van der Waals surface area contributed by atoms with E-state index in [1.165, 1.54) is 35.5 Å². The van der Waals surface area contributed by atoms with Crippen LogP contribution in [0.2, 0.25) is 5.02 Å². The first-order chi connectivity index (χ1) is 10.6. The van der Waals surface area contributed by atoms with Crippen LogP contribution in [0.5, 0.6) is 0 Å². The second-order valence-electron chi connectivity index (χ2n) is 5.27. The van der Waals surface area contributed by atoms with Crippen molar-refractivity contribution in [1.29, 1.82) is 0 Å². The molecular formula is C16H14ClFN2O2. The molecule has 0 radical (unpaired) electrons. The lowest BCUT2D eigenvalue weighted by Crippen LogP contribution is -2.32. The molecule has 1 aromatic heterocycles. The third-order valence-corrected chi connectivity index (χ3v) is 4.08. The Morgan fingerprint density at radius 3 is 2.95 bits per heavy atom. The van der Waals surface area contributed by atoms with Crippen molar-refractivity contribution in [2.45, 2.75) is 18.6 Å². The molecule has 6 heteroatoms. The number of rotatable bonds is 2. The number of hydrogen-bond acceptors (Lipinski definition) is 3. The molecule has 0 spiro atoms. The molecule has 1 amide bonds. The van der Waals surface area contributed by atoms with E-state index in [9.17, 15) is 14.3 Å². The third-order valence-electron chi connectivity index (χ3n) is 3.78. The summed E-state index contributed by atoms with van der Waals surface area (Å²) in [5.74, 6) is -0.661. The molecule has 1 saturated heterocycles. The maximum absolute atomic E-state index is 13.4. The summed E-state index contributed by atoms with van der Waals surface area (Å²) in [6.07, 6.45) is 2.62. The minimum Gasteiger partial charge on any atom is -0.391 e. The standard InChI is InChI=1S/C16H14ClFN2O2/c17-14-8-19-5-4-13(14)16(22)20-9-12(21)7-15(20)10-2-1-3-11(18)6-10/h1-6,8,12,15,21H,7,9H2/t12-,15-/m0/s1. The average Bonchev–Trinajstić information content (AvgIpc) is 2.89. The summed E-state index contributed by atoms with van der Waals surface area (Å²) in [4.78, 5) is 18.1. The van der Waals surface area contributed by atoms with Crippen molar-refractivity contribution in [1.82, 2.24) is 9.88 Å². The van der Waals surface area contributed by atoms with Gasteiger partial charge in [0.1, 0.15) is 5.82 Å². The van der Waals surface area contributed by atoms with Crippen LogP contribution in [0, 0.1) is 5.82 Å². The number of halogens is 2. The van der Waals surface area contributed by atoms with E-state index in [0.29, 0.717) is 17.5 Å². The first-order valence-electron chi connectivity index (χ1n) is 6.90. The normalized spacial score (nSPS) is 21.1. The summed E-state index contributed by atoms with van der Waals surface area (Å²) in [6.45, 7) is 0.193. The molecule has 0 saturated carbocycles. The highest BCUT2D eigenvalue weighted by atomic mass is 35.5. The zero-order valence-corrected chi connectivity index (χ0v) is 12.4. The molecule has 1 aliphatic heterocycles. The fourth-order valence-corrected chi connectivity index (χ4v) is 2.97. The highest BCUT2D eigenvalue weighted by molar-refractivity contribution is 6.33. The number of amides is 1. The Kier molecular flexibility index (Phi) is 4.09. The summed E-state index contributed by atoms with van der Waals surface area (Å²) < 4.78 is 13.4. The highest BCUT2D eigenvalue weighted by Crippen LogP contribution is 2.34. The van der Waals surface area contributed by atoms with E-state index in [1.807, 2.05) is 0 Å². The molecular weight excluding hydrogens is 307 g/mol. The van der Waals surface area contributed by atoms with Crippen LogP contribution < -0.4 is 0 Å². The molecule has 1 fully saturated rings. The van der Waals surface area contributed by atoms with Crippen LogP contribution in [0.1, 0.15) is 28.4 Å². The summed E-state index contributed by atoms with van der Waals surface area (Å²) in [5, 5.41) is 10.2. The molecule has 1 aromatic carbocycles. The molecule has 0 unspecified atom stereocenters. The monoisotopic (exact) mass is 320 g/mol. The van der Waals surface area contributed by atoms with Crippen molar-refractivity contribution in [2.75, 3.05) is 6.54 Å². The van der Waals surface area contributed by atoms with E-state index in [0.717, 1.165) is 0 Å². The number of likely N-dealkylation sites (tertiary alicyclic amines) is 1. The van der Waals surface area contributed by atoms with Crippen molar-refractivity contribution in [3.63, 3.8) is 0 Å². The van der Waals surface area contributed by atoms with Gasteiger partial charge in [0.15, 0.2) is 0 Å². The first-order valence-corrected chi connectivity index (χ1v) is 7.28. The number of hydrogen-bond donors (Lipinski definition) is 1. The van der Waals surface area contributed by atoms with E-state index >= 15 is 0 Å². The van der Waals surface area contributed by atoms with Gasteiger partial charge in [-0.2, -0.15) is 0 Å². The predicted molar refractivity (Wildman–Crippen MR) is 80.0 cm³/mol. The molecule has 3 rings (SSSR count). The average molecular weight is 321 g/mol. The van der Waals surface area contributed by atoms with Gasteiger partial charge in [0.2, 0.25) is 0 Å². The number of benzene rings is 1. The number of aromatic nitrogens is 1. The number of carbonyl (C=O) groups is 1. The summed E-state index contributed by atoms with van der Waals surface area (Å²) >= 11 is 6.02. The largest absolute Gasteiger partial charge is 0.391 e. The molecule has 2 atom stereocenters. The van der Waals surface area contributed by atoms with E-state index < -0.39 is 6.10 Å². The number of nitrogens with zero attached hydrogens (tertiary/aromatic N) is 2. The molecule has 22 heavy (non-hydrogen) atoms. The fourth-order valence-electron chi connectivity index (χ4n) is 2.77. The van der Waals surface area contributed by atoms with Gasteiger partial charge >= 0.3 is 0 Å². The van der Waals surface area contributed by atoms with Gasteiger partial charge in [-0.05, 0) is 30.2 Å². The van der Waals surface area contributed by atoms with Gasteiger partial charge in [0.25, 0.3) is 5.91 Å². The Hall–Kier alpha value is -1.98. The van der Waals surface area contributed by atoms with E-state index in [-0.39, 0.29) is 29.3 Å². The molecule has 1 aliphatic rings. The van der Waals surface area contributed by atoms with E-state index in [2.05, 4.69) is 4.98 Å². The van der Waals surface area contributed by atoms with Gasteiger partial charge in [0, 0.05) is 18.9 Å². The molecule has 0 aliphatic carbocycles. The van der Waals surface area contributed by atoms with Gasteiger partial charge in [-0.3, -0.25) is 9.78 Å². The Bertz CT molecular complexity index is 710. The van der Waals surface area contributed by atoms with Gasteiger partial charge in [-0.15, -0.1) is 0 Å². The molecule has 2 aromatic rings. The van der Waals surface area contributed by atoms with Crippen molar-refractivity contribution in [3.05, 3.63) is 64.7 Å². The quantitative estimate of drug-likeness (QED) is 0.925. The Morgan fingerprint density at radius 1 is 1.41 bits per heavy atom. The van der Waals surface area contributed by atoms with Crippen LogP contribution in [0.4, 0.5) is 4.39 Å². The number of aliphatic hydroxyl groups is 1. The minimum absolute atomic E-state index is 0.193. The second kappa shape index (κ2) is 6.02. The Labute approximate surface area is 132 Å². The maximum Gasteiger partial charge on any atom is 0.256 e. The highest BCUT2D eigenvalue weighted by Gasteiger charge is 2.36. The zero-order valence-electron chi connectivity index (χ0n) is 11.6. The van der Waals surface area contributed by atoms with Crippen LogP contribution in [0.15, 0.2) is 42.7 Å². The van der Waals surface area contributed by atoms with Crippen LogP contribution in [-0.2, 0) is 0 Å². The SMILES string of the molecule is O=C(c1ccncc1Cl)N1C[C@@H](O)C[C@H]1c1cccc(F)c1. The van der Waals surface area contributed by atoms with Crippen LogP contribution in [0.3, 0.4) is 0 Å². The van der Waals surface area contributed by atoms with E-state index in [1.54, 1.807) is 12.1 Å². The lowest BCUT2D eigenvalue weighted by atomic mass is 10.0. The molecule has 1 N–H and O–H groups in total. The van der Waals surface area contributed by atoms with Crippen molar-refractivity contribution < 1.29 is 14.3 Å². The molecule has 4 nitrogen and oxygen atoms in total. The van der Waals surface area contributed by atoms with Crippen LogP contribution in [-0.4, -0.2) is 33.5 Å². The molecule has 0 bridgehead atoms. The topological polar surface area (TPSA) is 53.4 Å².